The number of benzene rings is 2. The lowest BCUT2D eigenvalue weighted by molar-refractivity contribution is -0.115. The molecule has 1 unspecified atom stereocenters. The average molecular weight is 285 g/mol. The van der Waals surface area contributed by atoms with Crippen LogP contribution in [0.3, 0.4) is 0 Å². The Morgan fingerprint density at radius 2 is 2.10 bits per heavy atom. The molecule has 2 aromatic rings. The normalized spacial score (nSPS) is 16.8. The van der Waals surface area contributed by atoms with E-state index in [1.54, 1.807) is 36.0 Å². The summed E-state index contributed by atoms with van der Waals surface area (Å²) in [7, 11) is 0. The van der Waals surface area contributed by atoms with Gasteiger partial charge in [-0.25, -0.2) is 0 Å². The highest BCUT2D eigenvalue weighted by Gasteiger charge is 2.28. The lowest BCUT2D eigenvalue weighted by Crippen LogP contribution is -2.24. The second-order valence-corrected chi connectivity index (χ2v) is 6.17. The summed E-state index contributed by atoms with van der Waals surface area (Å²) in [6.07, 6.45) is 0.736. The van der Waals surface area contributed by atoms with Crippen molar-refractivity contribution in [1.82, 2.24) is 0 Å². The summed E-state index contributed by atoms with van der Waals surface area (Å²) in [5.74, 6) is 0.0301. The minimum Gasteiger partial charge on any atom is -0.506 e. The van der Waals surface area contributed by atoms with Gasteiger partial charge in [0, 0.05) is 4.90 Å². The van der Waals surface area contributed by atoms with Gasteiger partial charge in [0.25, 0.3) is 0 Å². The number of phenolic OH excluding ortho intramolecular Hbond substituents is 1. The molecule has 1 aliphatic rings. The topological polar surface area (TPSA) is 49.3 Å². The van der Waals surface area contributed by atoms with Crippen molar-refractivity contribution in [3.05, 3.63) is 53.6 Å². The summed E-state index contributed by atoms with van der Waals surface area (Å²) in [5.41, 5.74) is 2.89. The summed E-state index contributed by atoms with van der Waals surface area (Å²) in [5, 5.41) is 12.3. The highest BCUT2D eigenvalue weighted by molar-refractivity contribution is 8.01. The van der Waals surface area contributed by atoms with Crippen molar-refractivity contribution < 1.29 is 9.90 Å². The van der Waals surface area contributed by atoms with Crippen LogP contribution in [0.25, 0.3) is 0 Å². The first-order valence-electron chi connectivity index (χ1n) is 6.48. The van der Waals surface area contributed by atoms with E-state index >= 15 is 0 Å². The monoisotopic (exact) mass is 285 g/mol. The van der Waals surface area contributed by atoms with Crippen molar-refractivity contribution in [1.29, 1.82) is 0 Å². The molecular weight excluding hydrogens is 270 g/mol. The fourth-order valence-electron chi connectivity index (χ4n) is 2.27. The molecule has 0 saturated heterocycles. The van der Waals surface area contributed by atoms with Gasteiger partial charge in [0.05, 0.1) is 10.9 Å². The molecule has 1 atom stereocenters. The highest BCUT2D eigenvalue weighted by atomic mass is 32.2. The summed E-state index contributed by atoms with van der Waals surface area (Å²) >= 11 is 1.59. The Morgan fingerprint density at radius 1 is 1.30 bits per heavy atom. The number of hydrogen-bond donors (Lipinski definition) is 2. The van der Waals surface area contributed by atoms with E-state index in [-0.39, 0.29) is 16.9 Å². The van der Waals surface area contributed by atoms with Gasteiger partial charge in [-0.05, 0) is 37.1 Å². The summed E-state index contributed by atoms with van der Waals surface area (Å²) < 4.78 is 0. The molecular formula is C16H15NO2S. The van der Waals surface area contributed by atoms with Gasteiger partial charge in [-0.2, -0.15) is 0 Å². The second-order valence-electron chi connectivity index (χ2n) is 4.93. The Hall–Kier alpha value is -1.94. The third-order valence-corrected chi connectivity index (χ3v) is 4.65. The Kier molecular flexibility index (Phi) is 3.40. The fourth-order valence-corrected chi connectivity index (χ4v) is 3.57. The molecule has 1 amide bonds. The minimum absolute atomic E-state index is 0.0645. The quantitative estimate of drug-likeness (QED) is 0.832. The number of nitrogens with one attached hydrogen (secondary N) is 1. The molecule has 0 spiro atoms. The molecule has 0 aromatic heterocycles. The zero-order valence-corrected chi connectivity index (χ0v) is 11.9. The Morgan fingerprint density at radius 3 is 2.90 bits per heavy atom. The first-order valence-corrected chi connectivity index (χ1v) is 7.36. The van der Waals surface area contributed by atoms with Gasteiger partial charge in [-0.15, -0.1) is 11.8 Å². The van der Waals surface area contributed by atoms with Crippen LogP contribution in [-0.2, 0) is 11.2 Å². The van der Waals surface area contributed by atoms with E-state index in [9.17, 15) is 9.90 Å². The lowest BCUT2D eigenvalue weighted by Gasteiger charge is -2.10. The molecule has 0 saturated carbocycles. The van der Waals surface area contributed by atoms with Crippen LogP contribution in [0.4, 0.5) is 5.69 Å². The smallest absolute Gasteiger partial charge is 0.238 e. The number of aryl methyl sites for hydroxylation is 1. The van der Waals surface area contributed by atoms with Crippen molar-refractivity contribution in [2.24, 2.45) is 0 Å². The van der Waals surface area contributed by atoms with Crippen LogP contribution < -0.4 is 5.32 Å². The van der Waals surface area contributed by atoms with Crippen LogP contribution in [0.2, 0.25) is 0 Å². The van der Waals surface area contributed by atoms with Crippen molar-refractivity contribution in [3.8, 4) is 5.75 Å². The molecule has 3 nitrogen and oxygen atoms in total. The van der Waals surface area contributed by atoms with E-state index in [1.165, 1.54) is 16.0 Å². The first kappa shape index (κ1) is 13.1. The maximum atomic E-state index is 12.3. The zero-order chi connectivity index (χ0) is 14.1. The van der Waals surface area contributed by atoms with Crippen LogP contribution in [0, 0.1) is 6.92 Å². The fraction of sp³-hybridized carbons (Fsp3) is 0.188. The summed E-state index contributed by atoms with van der Waals surface area (Å²) in [6, 6.07) is 13.1. The molecule has 102 valence electrons. The van der Waals surface area contributed by atoms with Crippen molar-refractivity contribution in [3.63, 3.8) is 0 Å². The van der Waals surface area contributed by atoms with Crippen molar-refractivity contribution >= 4 is 23.4 Å². The number of carbonyl (C=O) groups excluding carboxylic acids is 1. The molecule has 0 aliphatic carbocycles. The van der Waals surface area contributed by atoms with Crippen LogP contribution in [-0.4, -0.2) is 16.3 Å². The molecule has 0 bridgehead atoms. The van der Waals surface area contributed by atoms with Gasteiger partial charge in [-0.3, -0.25) is 4.79 Å². The second kappa shape index (κ2) is 5.21. The van der Waals surface area contributed by atoms with Gasteiger partial charge in [0.1, 0.15) is 5.75 Å². The van der Waals surface area contributed by atoms with E-state index in [4.69, 9.17) is 0 Å². The molecule has 0 fully saturated rings. The third-order valence-electron chi connectivity index (χ3n) is 3.35. The van der Waals surface area contributed by atoms with Gasteiger partial charge in [-0.1, -0.05) is 29.8 Å². The van der Waals surface area contributed by atoms with Crippen molar-refractivity contribution in [2.45, 2.75) is 23.5 Å². The standard InChI is InChI=1S/C16H15NO2S/c1-10-6-7-11-9-15(20-14(11)8-10)16(19)17-12-4-2-3-5-13(12)18/h2-8,15,18H,9H2,1H3,(H,17,19). The Bertz CT molecular complexity index is 669. The van der Waals surface area contributed by atoms with Crippen LogP contribution in [0.15, 0.2) is 47.4 Å². The molecule has 1 heterocycles. The lowest BCUT2D eigenvalue weighted by atomic mass is 10.1. The van der Waals surface area contributed by atoms with Gasteiger partial charge in [0.2, 0.25) is 5.91 Å². The number of aromatic hydroxyl groups is 1. The van der Waals surface area contributed by atoms with Crippen LogP contribution in [0.1, 0.15) is 11.1 Å². The number of amides is 1. The number of phenols is 1. The van der Waals surface area contributed by atoms with E-state index in [0.29, 0.717) is 5.69 Å². The minimum atomic E-state index is -0.133. The number of thioether (sulfide) groups is 1. The largest absolute Gasteiger partial charge is 0.506 e. The third kappa shape index (κ3) is 2.51. The summed E-state index contributed by atoms with van der Waals surface area (Å²) in [4.78, 5) is 13.5. The van der Waals surface area contributed by atoms with Gasteiger partial charge >= 0.3 is 0 Å². The number of hydrogen-bond acceptors (Lipinski definition) is 3. The molecule has 0 radical (unpaired) electrons. The first-order chi connectivity index (χ1) is 9.63. The predicted molar refractivity (Wildman–Crippen MR) is 81.3 cm³/mol. The number of carbonyl (C=O) groups is 1. The van der Waals surface area contributed by atoms with E-state index in [1.807, 2.05) is 0 Å². The van der Waals surface area contributed by atoms with E-state index in [2.05, 4.69) is 30.4 Å². The molecule has 2 aromatic carbocycles. The summed E-state index contributed by atoms with van der Waals surface area (Å²) in [6.45, 7) is 2.05. The Labute approximate surface area is 122 Å². The molecule has 20 heavy (non-hydrogen) atoms. The molecule has 2 N–H and O–H groups in total. The Balaban J connectivity index is 1.73. The number of rotatable bonds is 2. The maximum absolute atomic E-state index is 12.3. The molecule has 4 heteroatoms. The number of fused-ring (bicyclic) bond motifs is 1. The average Bonchev–Trinajstić information content (AvgIpc) is 2.84. The van der Waals surface area contributed by atoms with Gasteiger partial charge in [0.15, 0.2) is 0 Å². The van der Waals surface area contributed by atoms with Crippen LogP contribution in [0.5, 0.6) is 5.75 Å². The molecule has 3 rings (SSSR count). The zero-order valence-electron chi connectivity index (χ0n) is 11.1. The number of para-hydroxylation sites is 2. The number of anilines is 1. The van der Waals surface area contributed by atoms with E-state index < -0.39 is 0 Å². The van der Waals surface area contributed by atoms with E-state index in [0.717, 1.165) is 6.42 Å². The molecule has 1 aliphatic heterocycles. The highest BCUT2D eigenvalue weighted by Crippen LogP contribution is 2.38. The predicted octanol–water partition coefficient (Wildman–Crippen LogP) is 3.36. The van der Waals surface area contributed by atoms with Crippen LogP contribution >= 0.6 is 11.8 Å². The van der Waals surface area contributed by atoms with Crippen molar-refractivity contribution in [2.75, 3.05) is 5.32 Å². The maximum Gasteiger partial charge on any atom is 0.238 e. The van der Waals surface area contributed by atoms with Gasteiger partial charge < -0.3 is 10.4 Å². The SMILES string of the molecule is Cc1ccc2c(c1)SC(C(=O)Nc1ccccc1O)C2.